The molecule has 0 aromatic rings. The van der Waals surface area contributed by atoms with Gasteiger partial charge in [0.1, 0.15) is 0 Å². The van der Waals surface area contributed by atoms with Crippen molar-refractivity contribution in [3.05, 3.63) is 0 Å². The second-order valence-corrected chi connectivity index (χ2v) is 4.85. The molecule has 2 N–H and O–H groups in total. The minimum absolute atomic E-state index is 0.175. The summed E-state index contributed by atoms with van der Waals surface area (Å²) in [5.41, 5.74) is 0. The van der Waals surface area contributed by atoms with Crippen molar-refractivity contribution in [2.75, 3.05) is 0 Å². The van der Waals surface area contributed by atoms with Crippen molar-refractivity contribution in [1.82, 2.24) is 0 Å². The zero-order chi connectivity index (χ0) is 12.9. The number of hydrogen-bond donors (Lipinski definition) is 2. The van der Waals surface area contributed by atoms with Crippen molar-refractivity contribution < 1.29 is 15.0 Å². The molecule has 3 heteroatoms. The average Bonchev–Trinajstić information content (AvgIpc) is 2.27. The Balaban J connectivity index is 3.16. The Hall–Kier alpha value is -0.570. The minimum Gasteiger partial charge on any atom is -0.481 e. The fourth-order valence-electron chi connectivity index (χ4n) is 1.97. The summed E-state index contributed by atoms with van der Waals surface area (Å²) in [6.45, 7) is 2.22. The molecule has 0 bridgehead atoms. The van der Waals surface area contributed by atoms with Crippen LogP contribution in [0.3, 0.4) is 0 Å². The van der Waals surface area contributed by atoms with Crippen molar-refractivity contribution >= 4 is 5.97 Å². The van der Waals surface area contributed by atoms with Crippen LogP contribution in [0.4, 0.5) is 0 Å². The van der Waals surface area contributed by atoms with Gasteiger partial charge in [-0.25, -0.2) is 0 Å². The van der Waals surface area contributed by atoms with Crippen LogP contribution in [-0.2, 0) is 4.79 Å². The molecule has 0 rings (SSSR count). The lowest BCUT2D eigenvalue weighted by molar-refractivity contribution is -0.137. The van der Waals surface area contributed by atoms with Crippen LogP contribution in [0.15, 0.2) is 0 Å². The summed E-state index contributed by atoms with van der Waals surface area (Å²) < 4.78 is 0. The van der Waals surface area contributed by atoms with E-state index in [2.05, 4.69) is 6.92 Å². The molecule has 102 valence electrons. The van der Waals surface area contributed by atoms with Gasteiger partial charge < -0.3 is 10.2 Å². The van der Waals surface area contributed by atoms with Gasteiger partial charge in [0.2, 0.25) is 0 Å². The van der Waals surface area contributed by atoms with Gasteiger partial charge in [0.05, 0.1) is 6.10 Å². The first-order chi connectivity index (χ1) is 8.16. The lowest BCUT2D eigenvalue weighted by Crippen LogP contribution is -2.07. The molecule has 0 saturated heterocycles. The molecule has 1 atom stereocenters. The predicted octanol–water partition coefficient (Wildman–Crippen LogP) is 3.74. The van der Waals surface area contributed by atoms with E-state index in [1.165, 1.54) is 38.5 Å². The molecule has 0 fully saturated rings. The average molecular weight is 244 g/mol. The van der Waals surface area contributed by atoms with E-state index in [1.807, 2.05) is 0 Å². The number of carboxylic acids is 1. The summed E-state index contributed by atoms with van der Waals surface area (Å²) in [6.07, 6.45) is 10.7. The van der Waals surface area contributed by atoms with Gasteiger partial charge in [-0.05, 0) is 19.3 Å². The van der Waals surface area contributed by atoms with Crippen LogP contribution >= 0.6 is 0 Å². The Morgan fingerprint density at radius 3 is 2.06 bits per heavy atom. The monoisotopic (exact) mass is 244 g/mol. The number of rotatable bonds is 12. The van der Waals surface area contributed by atoms with Gasteiger partial charge in [-0.2, -0.15) is 0 Å². The quantitative estimate of drug-likeness (QED) is 0.514. The third-order valence-corrected chi connectivity index (χ3v) is 3.07. The van der Waals surface area contributed by atoms with Gasteiger partial charge >= 0.3 is 5.97 Å². The Morgan fingerprint density at radius 1 is 0.941 bits per heavy atom. The molecule has 0 aliphatic heterocycles. The first-order valence-corrected chi connectivity index (χ1v) is 7.06. The second-order valence-electron chi connectivity index (χ2n) is 4.85. The van der Waals surface area contributed by atoms with E-state index < -0.39 is 5.97 Å². The van der Waals surface area contributed by atoms with Crippen molar-refractivity contribution in [1.29, 1.82) is 0 Å². The fourth-order valence-corrected chi connectivity index (χ4v) is 1.97. The molecule has 3 nitrogen and oxygen atoms in total. The van der Waals surface area contributed by atoms with E-state index in [4.69, 9.17) is 5.11 Å². The molecular weight excluding hydrogens is 216 g/mol. The molecular formula is C14H28O3. The molecule has 0 aliphatic carbocycles. The number of carbonyl (C=O) groups is 1. The third kappa shape index (κ3) is 13.4. The van der Waals surface area contributed by atoms with Crippen LogP contribution in [0.1, 0.15) is 77.6 Å². The van der Waals surface area contributed by atoms with Crippen molar-refractivity contribution in [2.24, 2.45) is 0 Å². The van der Waals surface area contributed by atoms with E-state index in [9.17, 15) is 9.90 Å². The number of carboxylic acid groups (broad SMARTS) is 1. The zero-order valence-electron chi connectivity index (χ0n) is 11.2. The smallest absolute Gasteiger partial charge is 0.303 e. The standard InChI is InChI=1S/C14H28O3/c1-2-3-4-5-6-7-8-10-13(15)11-9-12-14(16)17/h13,15H,2-12H2,1H3,(H,16,17). The van der Waals surface area contributed by atoms with Crippen molar-refractivity contribution in [3.8, 4) is 0 Å². The van der Waals surface area contributed by atoms with E-state index in [0.29, 0.717) is 12.8 Å². The maximum atomic E-state index is 10.3. The molecule has 0 saturated carbocycles. The van der Waals surface area contributed by atoms with Gasteiger partial charge in [0, 0.05) is 6.42 Å². The normalized spacial score (nSPS) is 12.6. The molecule has 0 aliphatic rings. The highest BCUT2D eigenvalue weighted by Crippen LogP contribution is 2.12. The van der Waals surface area contributed by atoms with Gasteiger partial charge in [-0.1, -0.05) is 51.9 Å². The topological polar surface area (TPSA) is 57.5 Å². The maximum Gasteiger partial charge on any atom is 0.303 e. The summed E-state index contributed by atoms with van der Waals surface area (Å²) in [5.74, 6) is -0.770. The minimum atomic E-state index is -0.770. The van der Waals surface area contributed by atoms with Gasteiger partial charge in [0.15, 0.2) is 0 Å². The number of aliphatic hydroxyl groups excluding tert-OH is 1. The molecule has 0 amide bonds. The van der Waals surface area contributed by atoms with E-state index in [1.54, 1.807) is 0 Å². The first-order valence-electron chi connectivity index (χ1n) is 7.06. The molecule has 0 radical (unpaired) electrons. The summed E-state index contributed by atoms with van der Waals surface area (Å²) >= 11 is 0. The molecule has 0 spiro atoms. The zero-order valence-corrected chi connectivity index (χ0v) is 11.2. The van der Waals surface area contributed by atoms with Gasteiger partial charge in [-0.15, -0.1) is 0 Å². The second kappa shape index (κ2) is 11.9. The number of aliphatic carboxylic acids is 1. The van der Waals surface area contributed by atoms with Crippen LogP contribution < -0.4 is 0 Å². The van der Waals surface area contributed by atoms with E-state index in [-0.39, 0.29) is 12.5 Å². The van der Waals surface area contributed by atoms with Crippen LogP contribution in [0.2, 0.25) is 0 Å². The summed E-state index contributed by atoms with van der Waals surface area (Å²) in [4.78, 5) is 10.3. The van der Waals surface area contributed by atoms with Crippen LogP contribution in [-0.4, -0.2) is 22.3 Å². The largest absolute Gasteiger partial charge is 0.481 e. The maximum absolute atomic E-state index is 10.3. The summed E-state index contributed by atoms with van der Waals surface area (Å²) in [6, 6.07) is 0. The van der Waals surface area contributed by atoms with E-state index >= 15 is 0 Å². The molecule has 0 heterocycles. The molecule has 0 aromatic carbocycles. The summed E-state index contributed by atoms with van der Waals surface area (Å²) in [5, 5.41) is 18.1. The fraction of sp³-hybridized carbons (Fsp3) is 0.929. The van der Waals surface area contributed by atoms with Crippen molar-refractivity contribution in [2.45, 2.75) is 83.7 Å². The highest BCUT2D eigenvalue weighted by molar-refractivity contribution is 5.66. The SMILES string of the molecule is CCCCCCCCCC(O)CCCC(=O)O. The lowest BCUT2D eigenvalue weighted by Gasteiger charge is -2.09. The Kier molecular flexibility index (Phi) is 11.5. The Morgan fingerprint density at radius 2 is 1.47 bits per heavy atom. The van der Waals surface area contributed by atoms with E-state index in [0.717, 1.165) is 12.8 Å². The third-order valence-electron chi connectivity index (χ3n) is 3.07. The highest BCUT2D eigenvalue weighted by Gasteiger charge is 2.05. The predicted molar refractivity (Wildman–Crippen MR) is 70.1 cm³/mol. The Labute approximate surface area is 105 Å². The van der Waals surface area contributed by atoms with Gasteiger partial charge in [-0.3, -0.25) is 4.79 Å². The van der Waals surface area contributed by atoms with Crippen LogP contribution in [0.5, 0.6) is 0 Å². The highest BCUT2D eigenvalue weighted by atomic mass is 16.4. The molecule has 0 aromatic heterocycles. The molecule has 1 unspecified atom stereocenters. The summed E-state index contributed by atoms with van der Waals surface area (Å²) in [7, 11) is 0. The first kappa shape index (κ1) is 16.4. The van der Waals surface area contributed by atoms with Crippen molar-refractivity contribution in [3.63, 3.8) is 0 Å². The van der Waals surface area contributed by atoms with Crippen LogP contribution in [0.25, 0.3) is 0 Å². The number of unbranched alkanes of at least 4 members (excludes halogenated alkanes) is 6. The lowest BCUT2D eigenvalue weighted by atomic mass is 10.0. The molecule has 17 heavy (non-hydrogen) atoms. The number of hydrogen-bond acceptors (Lipinski definition) is 2. The Bertz CT molecular complexity index is 180. The number of aliphatic hydroxyl groups is 1. The van der Waals surface area contributed by atoms with Gasteiger partial charge in [0.25, 0.3) is 0 Å². The van der Waals surface area contributed by atoms with Crippen LogP contribution in [0, 0.1) is 0 Å².